The molecular weight excluding hydrogens is 224 g/mol. The zero-order valence-corrected chi connectivity index (χ0v) is 11.3. The summed E-state index contributed by atoms with van der Waals surface area (Å²) in [6, 6.07) is 8.59. The highest BCUT2D eigenvalue weighted by Gasteiger charge is 2.25. The van der Waals surface area contributed by atoms with Crippen LogP contribution in [-0.2, 0) is 0 Å². The standard InChI is InChI=1S/C15H22N2O/c1-3-15(18)12-4-6-13(7-5-12)16-10-11-17(2)14-8-9-14/h4-7,14,16H,3,8-11H2,1-2H3. The van der Waals surface area contributed by atoms with Crippen molar-refractivity contribution in [3.8, 4) is 0 Å². The minimum atomic E-state index is 0.204. The van der Waals surface area contributed by atoms with Crippen molar-refractivity contribution in [2.24, 2.45) is 0 Å². The number of likely N-dealkylation sites (N-methyl/N-ethyl adjacent to an activating group) is 1. The normalized spacial score (nSPS) is 14.8. The Balaban J connectivity index is 1.77. The molecule has 0 radical (unpaired) electrons. The Morgan fingerprint density at radius 2 is 2.00 bits per heavy atom. The molecular formula is C15H22N2O. The van der Waals surface area contributed by atoms with Crippen LogP contribution in [0.25, 0.3) is 0 Å². The van der Waals surface area contributed by atoms with Gasteiger partial charge < -0.3 is 10.2 Å². The minimum Gasteiger partial charge on any atom is -0.384 e. The highest BCUT2D eigenvalue weighted by Crippen LogP contribution is 2.24. The molecule has 0 aromatic heterocycles. The van der Waals surface area contributed by atoms with E-state index in [0.29, 0.717) is 6.42 Å². The van der Waals surface area contributed by atoms with E-state index in [4.69, 9.17) is 0 Å². The number of rotatable bonds is 7. The number of hydrogen-bond acceptors (Lipinski definition) is 3. The maximum absolute atomic E-state index is 11.5. The molecule has 1 aromatic carbocycles. The second-order valence-corrected chi connectivity index (χ2v) is 4.99. The smallest absolute Gasteiger partial charge is 0.162 e. The summed E-state index contributed by atoms with van der Waals surface area (Å²) in [5.41, 5.74) is 1.89. The number of hydrogen-bond donors (Lipinski definition) is 1. The van der Waals surface area contributed by atoms with Gasteiger partial charge in [-0.2, -0.15) is 0 Å². The summed E-state index contributed by atoms with van der Waals surface area (Å²) in [6.07, 6.45) is 3.27. The van der Waals surface area contributed by atoms with Gasteiger partial charge in [-0.15, -0.1) is 0 Å². The summed E-state index contributed by atoms with van der Waals surface area (Å²) in [4.78, 5) is 13.9. The Hall–Kier alpha value is -1.35. The Labute approximate surface area is 109 Å². The molecule has 98 valence electrons. The van der Waals surface area contributed by atoms with E-state index in [2.05, 4.69) is 17.3 Å². The van der Waals surface area contributed by atoms with E-state index in [0.717, 1.165) is 30.4 Å². The van der Waals surface area contributed by atoms with Crippen molar-refractivity contribution in [2.75, 3.05) is 25.5 Å². The van der Waals surface area contributed by atoms with Gasteiger partial charge in [0, 0.05) is 36.8 Å². The minimum absolute atomic E-state index is 0.204. The van der Waals surface area contributed by atoms with Crippen LogP contribution in [0.3, 0.4) is 0 Å². The highest BCUT2D eigenvalue weighted by molar-refractivity contribution is 5.96. The lowest BCUT2D eigenvalue weighted by atomic mass is 10.1. The molecule has 0 heterocycles. The Kier molecular flexibility index (Phi) is 4.37. The van der Waals surface area contributed by atoms with Crippen molar-refractivity contribution in [1.82, 2.24) is 4.90 Å². The fourth-order valence-electron chi connectivity index (χ4n) is 2.05. The molecule has 1 fully saturated rings. The third kappa shape index (κ3) is 3.57. The largest absolute Gasteiger partial charge is 0.384 e. The van der Waals surface area contributed by atoms with Gasteiger partial charge in [-0.05, 0) is 44.2 Å². The monoisotopic (exact) mass is 246 g/mol. The number of nitrogens with zero attached hydrogens (tertiary/aromatic N) is 1. The number of anilines is 1. The Morgan fingerprint density at radius 1 is 1.33 bits per heavy atom. The fraction of sp³-hybridized carbons (Fsp3) is 0.533. The van der Waals surface area contributed by atoms with Gasteiger partial charge in [0.1, 0.15) is 0 Å². The van der Waals surface area contributed by atoms with Gasteiger partial charge in [-0.25, -0.2) is 0 Å². The summed E-state index contributed by atoms with van der Waals surface area (Å²) in [7, 11) is 2.18. The zero-order valence-electron chi connectivity index (χ0n) is 11.3. The van der Waals surface area contributed by atoms with Crippen LogP contribution >= 0.6 is 0 Å². The third-order valence-corrected chi connectivity index (χ3v) is 3.49. The van der Waals surface area contributed by atoms with Crippen LogP contribution in [-0.4, -0.2) is 36.9 Å². The number of nitrogens with one attached hydrogen (secondary N) is 1. The lowest BCUT2D eigenvalue weighted by Crippen LogP contribution is -2.26. The molecule has 2 rings (SSSR count). The van der Waals surface area contributed by atoms with E-state index in [1.54, 1.807) is 0 Å². The van der Waals surface area contributed by atoms with Crippen molar-refractivity contribution in [3.63, 3.8) is 0 Å². The van der Waals surface area contributed by atoms with E-state index < -0.39 is 0 Å². The lowest BCUT2D eigenvalue weighted by molar-refractivity contribution is 0.0988. The van der Waals surface area contributed by atoms with Gasteiger partial charge in [0.05, 0.1) is 0 Å². The number of benzene rings is 1. The SMILES string of the molecule is CCC(=O)c1ccc(NCCN(C)C2CC2)cc1. The van der Waals surface area contributed by atoms with Crippen molar-refractivity contribution >= 4 is 11.5 Å². The molecule has 0 unspecified atom stereocenters. The molecule has 1 saturated carbocycles. The molecule has 0 bridgehead atoms. The molecule has 3 nitrogen and oxygen atoms in total. The number of ketones is 1. The van der Waals surface area contributed by atoms with Crippen LogP contribution in [0.5, 0.6) is 0 Å². The molecule has 0 atom stereocenters. The third-order valence-electron chi connectivity index (χ3n) is 3.49. The van der Waals surface area contributed by atoms with Crippen LogP contribution in [0, 0.1) is 0 Å². The van der Waals surface area contributed by atoms with Gasteiger partial charge in [-0.1, -0.05) is 6.92 Å². The van der Waals surface area contributed by atoms with Gasteiger partial charge in [0.2, 0.25) is 0 Å². The van der Waals surface area contributed by atoms with Crippen LogP contribution in [0.2, 0.25) is 0 Å². The first-order valence-electron chi connectivity index (χ1n) is 6.78. The number of carbonyl (C=O) groups excluding carboxylic acids is 1. The molecule has 0 aliphatic heterocycles. The van der Waals surface area contributed by atoms with Gasteiger partial charge in [0.15, 0.2) is 5.78 Å². The van der Waals surface area contributed by atoms with Crippen molar-refractivity contribution in [2.45, 2.75) is 32.2 Å². The number of carbonyl (C=O) groups is 1. The van der Waals surface area contributed by atoms with Crippen LogP contribution in [0.4, 0.5) is 5.69 Å². The Bertz CT molecular complexity index is 395. The number of Topliss-reactive ketones (excluding diaryl/α,β-unsaturated/α-hetero) is 1. The van der Waals surface area contributed by atoms with Crippen molar-refractivity contribution < 1.29 is 4.79 Å². The summed E-state index contributed by atoms with van der Waals surface area (Å²) >= 11 is 0. The first kappa shape index (κ1) is 13.1. The van der Waals surface area contributed by atoms with Gasteiger partial charge in [0.25, 0.3) is 0 Å². The van der Waals surface area contributed by atoms with Crippen molar-refractivity contribution in [3.05, 3.63) is 29.8 Å². The lowest BCUT2D eigenvalue weighted by Gasteiger charge is -2.16. The molecule has 1 N–H and O–H groups in total. The quantitative estimate of drug-likeness (QED) is 0.751. The average molecular weight is 246 g/mol. The van der Waals surface area contributed by atoms with Gasteiger partial charge in [-0.3, -0.25) is 4.79 Å². The van der Waals surface area contributed by atoms with Gasteiger partial charge >= 0.3 is 0 Å². The first-order chi connectivity index (χ1) is 8.70. The van der Waals surface area contributed by atoms with Crippen LogP contribution in [0.15, 0.2) is 24.3 Å². The molecule has 3 heteroatoms. The Morgan fingerprint density at radius 3 is 2.56 bits per heavy atom. The summed E-state index contributed by atoms with van der Waals surface area (Å²) in [5, 5.41) is 3.39. The topological polar surface area (TPSA) is 32.3 Å². The predicted molar refractivity (Wildman–Crippen MR) is 75.2 cm³/mol. The molecule has 18 heavy (non-hydrogen) atoms. The average Bonchev–Trinajstić information content (AvgIpc) is 3.23. The molecule has 1 aromatic rings. The molecule has 0 saturated heterocycles. The maximum atomic E-state index is 11.5. The zero-order chi connectivity index (χ0) is 13.0. The predicted octanol–water partition coefficient (Wildman–Crippen LogP) is 2.79. The molecule has 0 amide bonds. The first-order valence-corrected chi connectivity index (χ1v) is 6.78. The van der Waals surface area contributed by atoms with E-state index in [1.807, 2.05) is 31.2 Å². The molecule has 1 aliphatic carbocycles. The van der Waals surface area contributed by atoms with E-state index >= 15 is 0 Å². The van der Waals surface area contributed by atoms with E-state index in [9.17, 15) is 4.79 Å². The highest BCUT2D eigenvalue weighted by atomic mass is 16.1. The van der Waals surface area contributed by atoms with Crippen molar-refractivity contribution in [1.29, 1.82) is 0 Å². The van der Waals surface area contributed by atoms with E-state index in [1.165, 1.54) is 12.8 Å². The fourth-order valence-corrected chi connectivity index (χ4v) is 2.05. The summed E-state index contributed by atoms with van der Waals surface area (Å²) < 4.78 is 0. The molecule has 0 spiro atoms. The second kappa shape index (κ2) is 6.01. The van der Waals surface area contributed by atoms with Crippen LogP contribution < -0.4 is 5.32 Å². The van der Waals surface area contributed by atoms with E-state index in [-0.39, 0.29) is 5.78 Å². The summed E-state index contributed by atoms with van der Waals surface area (Å²) in [6.45, 7) is 3.91. The maximum Gasteiger partial charge on any atom is 0.162 e. The van der Waals surface area contributed by atoms with Crippen LogP contribution in [0.1, 0.15) is 36.5 Å². The summed E-state index contributed by atoms with van der Waals surface area (Å²) in [5.74, 6) is 0.204. The second-order valence-electron chi connectivity index (χ2n) is 4.99. The molecule has 1 aliphatic rings.